The lowest BCUT2D eigenvalue weighted by atomic mass is 9.87. The fraction of sp³-hybridized carbons (Fsp3) is 0.630. The van der Waals surface area contributed by atoms with E-state index in [1.807, 2.05) is 39.8 Å². The summed E-state index contributed by atoms with van der Waals surface area (Å²) >= 11 is 0. The molecular weight excluding hydrogens is 418 g/mol. The summed E-state index contributed by atoms with van der Waals surface area (Å²) in [6.45, 7) is 14.1. The molecular formula is C27H39NO5. The van der Waals surface area contributed by atoms with Crippen LogP contribution in [-0.2, 0) is 25.6 Å². The maximum Gasteiger partial charge on any atom is 0.338 e. The van der Waals surface area contributed by atoms with Crippen LogP contribution in [0.2, 0.25) is 0 Å². The SMILES string of the molecule is Cc1ccc(-c2nc(CO[C@@H]3CCC[C@H](COC(C)(C)C(=O)OC(C)(C)C)C3)c(C)o2)cc1. The highest BCUT2D eigenvalue weighted by Crippen LogP contribution is 2.30. The number of nitrogens with zero attached hydrogens (tertiary/aromatic N) is 1. The van der Waals surface area contributed by atoms with Crippen LogP contribution in [0.5, 0.6) is 0 Å². The molecule has 1 aliphatic rings. The molecule has 0 saturated heterocycles. The molecule has 33 heavy (non-hydrogen) atoms. The first-order valence-electron chi connectivity index (χ1n) is 12.0. The summed E-state index contributed by atoms with van der Waals surface area (Å²) in [5, 5.41) is 0. The number of rotatable bonds is 8. The highest BCUT2D eigenvalue weighted by molar-refractivity contribution is 5.78. The molecule has 1 fully saturated rings. The van der Waals surface area contributed by atoms with Crippen molar-refractivity contribution < 1.29 is 23.4 Å². The normalized spacial score (nSPS) is 19.5. The molecule has 1 saturated carbocycles. The first kappa shape index (κ1) is 25.4. The van der Waals surface area contributed by atoms with E-state index in [1.165, 1.54) is 5.56 Å². The average molecular weight is 458 g/mol. The lowest BCUT2D eigenvalue weighted by Gasteiger charge is -2.33. The second-order valence-corrected chi connectivity index (χ2v) is 10.7. The highest BCUT2D eigenvalue weighted by Gasteiger charge is 2.35. The van der Waals surface area contributed by atoms with E-state index in [-0.39, 0.29) is 12.1 Å². The third-order valence-electron chi connectivity index (χ3n) is 5.95. The number of hydrogen-bond donors (Lipinski definition) is 0. The molecule has 0 bridgehead atoms. The molecule has 6 nitrogen and oxygen atoms in total. The number of carbonyl (C=O) groups excluding carboxylic acids is 1. The number of aromatic nitrogens is 1. The standard InChI is InChI=1S/C27H39NO5/c1-18-11-13-21(14-12-18)24-28-23(19(2)32-24)17-30-22-10-8-9-20(15-22)16-31-27(6,7)25(29)33-26(3,4)5/h11-14,20,22H,8-10,15-17H2,1-7H3/t20-,22+/m0/s1. The van der Waals surface area contributed by atoms with E-state index in [9.17, 15) is 4.79 Å². The predicted octanol–water partition coefficient (Wildman–Crippen LogP) is 6.17. The maximum atomic E-state index is 12.4. The van der Waals surface area contributed by atoms with Gasteiger partial charge in [0.1, 0.15) is 17.1 Å². The molecule has 0 unspecified atom stereocenters. The minimum absolute atomic E-state index is 0.149. The van der Waals surface area contributed by atoms with Crippen molar-refractivity contribution in [3.8, 4) is 11.5 Å². The zero-order chi connectivity index (χ0) is 24.2. The summed E-state index contributed by atoms with van der Waals surface area (Å²) in [7, 11) is 0. The number of carbonyl (C=O) groups is 1. The van der Waals surface area contributed by atoms with Gasteiger partial charge in [-0.15, -0.1) is 0 Å². The van der Waals surface area contributed by atoms with Crippen LogP contribution in [-0.4, -0.2) is 34.9 Å². The van der Waals surface area contributed by atoms with Crippen molar-refractivity contribution in [2.24, 2.45) is 5.92 Å². The zero-order valence-corrected chi connectivity index (χ0v) is 21.2. The molecule has 0 spiro atoms. The van der Waals surface area contributed by atoms with E-state index in [0.29, 0.717) is 25.0 Å². The molecule has 0 radical (unpaired) electrons. The first-order chi connectivity index (χ1) is 15.4. The van der Waals surface area contributed by atoms with Gasteiger partial charge in [-0.3, -0.25) is 0 Å². The Labute approximate surface area is 198 Å². The quantitative estimate of drug-likeness (QED) is 0.441. The van der Waals surface area contributed by atoms with Crippen LogP contribution in [0.15, 0.2) is 28.7 Å². The fourth-order valence-corrected chi connectivity index (χ4v) is 3.91. The van der Waals surface area contributed by atoms with Crippen molar-refractivity contribution in [3.63, 3.8) is 0 Å². The number of oxazole rings is 1. The zero-order valence-electron chi connectivity index (χ0n) is 21.2. The number of aryl methyl sites for hydroxylation is 2. The van der Waals surface area contributed by atoms with Gasteiger partial charge in [0.25, 0.3) is 0 Å². The van der Waals surface area contributed by atoms with Crippen molar-refractivity contribution in [1.29, 1.82) is 0 Å². The van der Waals surface area contributed by atoms with Crippen molar-refractivity contribution in [2.45, 2.75) is 98.1 Å². The van der Waals surface area contributed by atoms with Crippen molar-refractivity contribution in [2.75, 3.05) is 6.61 Å². The van der Waals surface area contributed by atoms with Gasteiger partial charge in [0.05, 0.1) is 19.3 Å². The van der Waals surface area contributed by atoms with Crippen molar-refractivity contribution in [3.05, 3.63) is 41.3 Å². The van der Waals surface area contributed by atoms with Crippen LogP contribution < -0.4 is 0 Å². The Morgan fingerprint density at radius 3 is 2.45 bits per heavy atom. The number of esters is 1. The number of ether oxygens (including phenoxy) is 3. The summed E-state index contributed by atoms with van der Waals surface area (Å²) in [4.78, 5) is 17.1. The fourth-order valence-electron chi connectivity index (χ4n) is 3.91. The topological polar surface area (TPSA) is 70.8 Å². The monoisotopic (exact) mass is 457 g/mol. The van der Waals surface area contributed by atoms with Gasteiger partial charge in [-0.2, -0.15) is 0 Å². The predicted molar refractivity (Wildman–Crippen MR) is 128 cm³/mol. The van der Waals surface area contributed by atoms with Crippen LogP contribution in [0.4, 0.5) is 0 Å². The molecule has 3 rings (SSSR count). The Morgan fingerprint density at radius 2 is 1.79 bits per heavy atom. The van der Waals surface area contributed by atoms with Crippen LogP contribution >= 0.6 is 0 Å². The maximum absolute atomic E-state index is 12.4. The van der Waals surface area contributed by atoms with Crippen LogP contribution in [0.25, 0.3) is 11.5 Å². The number of benzene rings is 1. The molecule has 1 aromatic carbocycles. The van der Waals surface area contributed by atoms with Gasteiger partial charge in [0.15, 0.2) is 5.60 Å². The van der Waals surface area contributed by atoms with Crippen LogP contribution in [0.3, 0.4) is 0 Å². The minimum atomic E-state index is -0.967. The molecule has 6 heteroatoms. The Bertz CT molecular complexity index is 923. The average Bonchev–Trinajstić information content (AvgIpc) is 3.11. The second-order valence-electron chi connectivity index (χ2n) is 10.7. The van der Waals surface area contributed by atoms with E-state index in [1.54, 1.807) is 13.8 Å². The molecule has 1 heterocycles. The minimum Gasteiger partial charge on any atom is -0.458 e. The molecule has 1 aromatic heterocycles. The first-order valence-corrected chi connectivity index (χ1v) is 12.0. The van der Waals surface area contributed by atoms with Gasteiger partial charge >= 0.3 is 5.97 Å². The van der Waals surface area contributed by atoms with Gasteiger partial charge in [0.2, 0.25) is 5.89 Å². The third-order valence-corrected chi connectivity index (χ3v) is 5.95. The van der Waals surface area contributed by atoms with E-state index in [4.69, 9.17) is 18.6 Å². The molecule has 0 aliphatic heterocycles. The van der Waals surface area contributed by atoms with E-state index < -0.39 is 11.2 Å². The van der Waals surface area contributed by atoms with E-state index >= 15 is 0 Å². The van der Waals surface area contributed by atoms with E-state index in [0.717, 1.165) is 42.7 Å². The van der Waals surface area contributed by atoms with E-state index in [2.05, 4.69) is 24.0 Å². The van der Waals surface area contributed by atoms with Gasteiger partial charge in [-0.25, -0.2) is 9.78 Å². The summed E-state index contributed by atoms with van der Waals surface area (Å²) in [6.07, 6.45) is 4.23. The summed E-state index contributed by atoms with van der Waals surface area (Å²) in [5.74, 6) is 1.45. The van der Waals surface area contributed by atoms with Crippen molar-refractivity contribution in [1.82, 2.24) is 4.98 Å². The Hall–Kier alpha value is -2.18. The van der Waals surface area contributed by atoms with Gasteiger partial charge < -0.3 is 18.6 Å². The van der Waals surface area contributed by atoms with Crippen LogP contribution in [0.1, 0.15) is 77.3 Å². The Balaban J connectivity index is 1.50. The summed E-state index contributed by atoms with van der Waals surface area (Å²) < 4.78 is 23.6. The molecule has 1 aliphatic carbocycles. The molecule has 0 N–H and O–H groups in total. The summed E-state index contributed by atoms with van der Waals surface area (Å²) in [5.41, 5.74) is 1.52. The molecule has 2 aromatic rings. The lowest BCUT2D eigenvalue weighted by molar-refractivity contribution is -0.181. The third kappa shape index (κ3) is 7.41. The van der Waals surface area contributed by atoms with Crippen molar-refractivity contribution >= 4 is 5.97 Å². The number of hydrogen-bond acceptors (Lipinski definition) is 6. The molecule has 182 valence electrons. The summed E-state index contributed by atoms with van der Waals surface area (Å²) in [6, 6.07) is 8.16. The van der Waals surface area contributed by atoms with Gasteiger partial charge in [0, 0.05) is 5.56 Å². The molecule has 2 atom stereocenters. The molecule has 0 amide bonds. The largest absolute Gasteiger partial charge is 0.458 e. The smallest absolute Gasteiger partial charge is 0.338 e. The lowest BCUT2D eigenvalue weighted by Crippen LogP contribution is -2.42. The second kappa shape index (κ2) is 10.4. The highest BCUT2D eigenvalue weighted by atomic mass is 16.6. The van der Waals surface area contributed by atoms with Gasteiger partial charge in [-0.1, -0.05) is 24.1 Å². The van der Waals surface area contributed by atoms with Crippen LogP contribution in [0, 0.1) is 19.8 Å². The van der Waals surface area contributed by atoms with Gasteiger partial charge in [-0.05, 0) is 85.8 Å². The Morgan fingerprint density at radius 1 is 1.09 bits per heavy atom. The Kier molecular flexibility index (Phi) is 8.01.